The summed E-state index contributed by atoms with van der Waals surface area (Å²) in [4.78, 5) is 16.5. The topological polar surface area (TPSA) is 98.8 Å². The van der Waals surface area contributed by atoms with E-state index in [1.807, 2.05) is 6.92 Å². The van der Waals surface area contributed by atoms with Crippen LogP contribution in [0.25, 0.3) is 0 Å². The van der Waals surface area contributed by atoms with Gasteiger partial charge in [-0.05, 0) is 24.2 Å². The molecule has 2 heterocycles. The van der Waals surface area contributed by atoms with Crippen molar-refractivity contribution >= 4 is 17.6 Å². The van der Waals surface area contributed by atoms with Gasteiger partial charge in [0.15, 0.2) is 21.7 Å². The van der Waals surface area contributed by atoms with Gasteiger partial charge >= 0.3 is 0 Å². The third kappa shape index (κ3) is 2.66. The maximum absolute atomic E-state index is 5.35. The first-order valence-corrected chi connectivity index (χ1v) is 5.88. The van der Waals surface area contributed by atoms with Gasteiger partial charge in [0.2, 0.25) is 0 Å². The van der Waals surface area contributed by atoms with Gasteiger partial charge in [0.25, 0.3) is 0 Å². The molecule has 94 valence electrons. The van der Waals surface area contributed by atoms with Crippen molar-refractivity contribution in [3.8, 4) is 5.75 Å². The maximum atomic E-state index is 5.35. The van der Waals surface area contributed by atoms with E-state index >= 15 is 0 Å². The van der Waals surface area contributed by atoms with E-state index in [0.717, 1.165) is 5.56 Å². The van der Waals surface area contributed by atoms with Crippen molar-refractivity contribution in [2.24, 2.45) is 5.84 Å². The number of hydrazine groups is 1. The predicted octanol–water partition coefficient (Wildman–Crippen LogP) is 1.02. The molecule has 0 fully saturated rings. The van der Waals surface area contributed by atoms with Crippen LogP contribution in [0.2, 0.25) is 0 Å². The van der Waals surface area contributed by atoms with Crippen LogP contribution in [0.3, 0.4) is 0 Å². The molecule has 0 atom stereocenters. The number of ether oxygens (including phenoxy) is 1. The quantitative estimate of drug-likeness (QED) is 0.365. The molecule has 2 aromatic rings. The minimum atomic E-state index is 0.419. The number of hydrogen-bond donors (Lipinski definition) is 2. The number of aromatic nitrogens is 4. The number of nitrogens with one attached hydrogen (secondary N) is 1. The van der Waals surface area contributed by atoms with E-state index in [4.69, 9.17) is 10.6 Å². The van der Waals surface area contributed by atoms with Crippen LogP contribution < -0.4 is 16.0 Å². The molecule has 0 unspecified atom stereocenters. The highest BCUT2D eigenvalue weighted by molar-refractivity contribution is 7.99. The summed E-state index contributed by atoms with van der Waals surface area (Å²) < 4.78 is 5.22. The van der Waals surface area contributed by atoms with E-state index in [9.17, 15) is 0 Å². The number of nitrogen functional groups attached to an aromatic ring is 1. The summed E-state index contributed by atoms with van der Waals surface area (Å²) in [5.41, 5.74) is 3.45. The van der Waals surface area contributed by atoms with Crippen molar-refractivity contribution in [1.82, 2.24) is 19.9 Å². The first-order valence-electron chi connectivity index (χ1n) is 5.06. The van der Waals surface area contributed by atoms with E-state index in [0.29, 0.717) is 21.7 Å². The number of rotatable bonds is 4. The Morgan fingerprint density at radius 2 is 1.94 bits per heavy atom. The van der Waals surface area contributed by atoms with Crippen molar-refractivity contribution in [3.05, 3.63) is 24.3 Å². The summed E-state index contributed by atoms with van der Waals surface area (Å²) in [5.74, 6) is 6.23. The number of aryl methyl sites for hydroxylation is 1. The molecule has 8 heteroatoms. The second kappa shape index (κ2) is 5.61. The summed E-state index contributed by atoms with van der Waals surface area (Å²) in [7, 11) is 1.53. The third-order valence-corrected chi connectivity index (χ3v) is 2.93. The normalized spacial score (nSPS) is 10.2. The molecule has 3 N–H and O–H groups in total. The minimum absolute atomic E-state index is 0.419. The van der Waals surface area contributed by atoms with Crippen LogP contribution in [-0.2, 0) is 0 Å². The highest BCUT2D eigenvalue weighted by Crippen LogP contribution is 2.34. The fourth-order valence-corrected chi connectivity index (χ4v) is 1.99. The lowest BCUT2D eigenvalue weighted by atomic mass is 10.4. The van der Waals surface area contributed by atoms with Crippen molar-refractivity contribution in [3.63, 3.8) is 0 Å². The molecule has 2 rings (SSSR count). The molecule has 0 aliphatic carbocycles. The van der Waals surface area contributed by atoms with E-state index in [1.54, 1.807) is 12.4 Å². The number of nitrogens with zero attached hydrogens (tertiary/aromatic N) is 4. The summed E-state index contributed by atoms with van der Waals surface area (Å²) in [5, 5.41) is 1.19. The SMILES string of the molecule is COc1c(NN)ncnc1Sc1ncc(C)cn1. The Bertz CT molecular complexity index is 532. The number of methoxy groups -OCH3 is 1. The number of anilines is 1. The van der Waals surface area contributed by atoms with Crippen LogP contribution >= 0.6 is 11.8 Å². The summed E-state index contributed by atoms with van der Waals surface area (Å²) >= 11 is 1.28. The van der Waals surface area contributed by atoms with Crippen molar-refractivity contribution in [1.29, 1.82) is 0 Å². The average molecular weight is 264 g/mol. The molecule has 0 saturated carbocycles. The molecule has 0 bridgehead atoms. The summed E-state index contributed by atoms with van der Waals surface area (Å²) in [6, 6.07) is 0. The van der Waals surface area contributed by atoms with Crippen LogP contribution in [0.1, 0.15) is 5.56 Å². The van der Waals surface area contributed by atoms with Crippen LogP contribution in [0, 0.1) is 6.92 Å². The van der Waals surface area contributed by atoms with Crippen molar-refractivity contribution in [2.75, 3.05) is 12.5 Å². The highest BCUT2D eigenvalue weighted by atomic mass is 32.2. The fraction of sp³-hybridized carbons (Fsp3) is 0.200. The molecular weight excluding hydrogens is 252 g/mol. The Morgan fingerprint density at radius 1 is 1.22 bits per heavy atom. The molecular formula is C10H12N6OS. The van der Waals surface area contributed by atoms with E-state index in [-0.39, 0.29) is 0 Å². The monoisotopic (exact) mass is 264 g/mol. The summed E-state index contributed by atoms with van der Waals surface area (Å²) in [6.07, 6.45) is 4.88. The molecule has 7 nitrogen and oxygen atoms in total. The molecule has 18 heavy (non-hydrogen) atoms. The van der Waals surface area contributed by atoms with Gasteiger partial charge in [0, 0.05) is 12.4 Å². The molecule has 2 aromatic heterocycles. The van der Waals surface area contributed by atoms with Crippen LogP contribution in [0.4, 0.5) is 5.82 Å². The van der Waals surface area contributed by atoms with Gasteiger partial charge in [-0.1, -0.05) is 0 Å². The van der Waals surface area contributed by atoms with Gasteiger partial charge in [0.1, 0.15) is 6.33 Å². The van der Waals surface area contributed by atoms with Crippen molar-refractivity contribution < 1.29 is 4.74 Å². The smallest absolute Gasteiger partial charge is 0.195 e. The Morgan fingerprint density at radius 3 is 2.56 bits per heavy atom. The zero-order valence-corrected chi connectivity index (χ0v) is 10.7. The molecule has 0 aliphatic rings. The lowest BCUT2D eigenvalue weighted by molar-refractivity contribution is 0.400. The van der Waals surface area contributed by atoms with Gasteiger partial charge in [-0.2, -0.15) is 0 Å². The van der Waals surface area contributed by atoms with Gasteiger partial charge in [-0.3, -0.25) is 0 Å². The second-order valence-electron chi connectivity index (χ2n) is 3.35. The molecule has 0 spiro atoms. The lowest BCUT2D eigenvalue weighted by Crippen LogP contribution is -2.10. The second-order valence-corrected chi connectivity index (χ2v) is 4.31. The van der Waals surface area contributed by atoms with Gasteiger partial charge in [-0.25, -0.2) is 25.8 Å². The number of nitrogens with two attached hydrogens (primary N) is 1. The van der Waals surface area contributed by atoms with Crippen LogP contribution in [0.15, 0.2) is 28.9 Å². The van der Waals surface area contributed by atoms with Crippen LogP contribution in [0.5, 0.6) is 5.75 Å². The van der Waals surface area contributed by atoms with Crippen molar-refractivity contribution in [2.45, 2.75) is 17.1 Å². The molecule has 0 aromatic carbocycles. The highest BCUT2D eigenvalue weighted by Gasteiger charge is 2.13. The minimum Gasteiger partial charge on any atom is -0.490 e. The summed E-state index contributed by atoms with van der Waals surface area (Å²) in [6.45, 7) is 1.93. The average Bonchev–Trinajstić information content (AvgIpc) is 2.41. The Kier molecular flexibility index (Phi) is 3.90. The zero-order valence-electron chi connectivity index (χ0n) is 9.91. The number of hydrogen-bond acceptors (Lipinski definition) is 8. The van der Waals surface area contributed by atoms with Gasteiger partial charge in [0.05, 0.1) is 7.11 Å². The van der Waals surface area contributed by atoms with Gasteiger partial charge in [-0.15, -0.1) is 0 Å². The molecule has 0 saturated heterocycles. The van der Waals surface area contributed by atoms with E-state index < -0.39 is 0 Å². The Labute approximate surface area is 108 Å². The fourth-order valence-electron chi connectivity index (χ4n) is 1.24. The molecule has 0 amide bonds. The standard InChI is InChI=1S/C10H12N6OS/c1-6-3-12-10(13-4-6)18-9-7(17-2)8(16-11)14-5-15-9/h3-5H,11H2,1-2H3,(H,14,15,16). The molecule has 0 radical (unpaired) electrons. The zero-order chi connectivity index (χ0) is 13.0. The molecule has 0 aliphatic heterocycles. The Balaban J connectivity index is 2.31. The van der Waals surface area contributed by atoms with E-state index in [2.05, 4.69) is 25.4 Å². The first-order chi connectivity index (χ1) is 8.74. The largest absolute Gasteiger partial charge is 0.490 e. The lowest BCUT2D eigenvalue weighted by Gasteiger charge is -2.09. The first kappa shape index (κ1) is 12.5. The van der Waals surface area contributed by atoms with E-state index in [1.165, 1.54) is 25.2 Å². The predicted molar refractivity (Wildman–Crippen MR) is 67.3 cm³/mol. The van der Waals surface area contributed by atoms with Gasteiger partial charge < -0.3 is 10.2 Å². The maximum Gasteiger partial charge on any atom is 0.195 e. The third-order valence-electron chi connectivity index (χ3n) is 2.06. The van der Waals surface area contributed by atoms with Crippen LogP contribution in [-0.4, -0.2) is 27.0 Å². The Hall–Kier alpha value is -1.93.